The Morgan fingerprint density at radius 1 is 0.862 bits per heavy atom. The first-order valence-electron chi connectivity index (χ1n) is 12.6. The first-order chi connectivity index (χ1) is 16.4. The van der Waals surface area contributed by atoms with Crippen molar-refractivity contribution in [1.82, 2.24) is 0 Å². The summed E-state index contributed by atoms with van der Waals surface area (Å²) < 4.78 is 59.2. The van der Waals surface area contributed by atoms with Gasteiger partial charge in [-0.05, 0) is 48.2 Å². The summed E-state index contributed by atoms with van der Waals surface area (Å²) in [6.45, 7) is 0.435. The van der Waals surface area contributed by atoms with Gasteiger partial charge in [-0.15, -0.1) is 0 Å². The van der Waals surface area contributed by atoms with E-state index >= 15 is 0 Å². The van der Waals surface area contributed by atoms with Crippen molar-refractivity contribution in [2.24, 2.45) is 0 Å². The van der Waals surface area contributed by atoms with Crippen LogP contribution in [0.15, 0.2) is 42.5 Å². The maximum absolute atomic E-state index is 10.5. The van der Waals surface area contributed by atoms with Crippen LogP contribution in [-0.4, -0.2) is 31.8 Å². The molecule has 0 bridgehead atoms. The number of hydrogen-bond donors (Lipinski definition) is 1. The van der Waals surface area contributed by atoms with Crippen molar-refractivity contribution in [2.45, 2.75) is 38.5 Å². The molecule has 156 valence electrons. The minimum atomic E-state index is -2.60. The van der Waals surface area contributed by atoms with Crippen LogP contribution in [0.5, 0.6) is 17.2 Å². The van der Waals surface area contributed by atoms with E-state index in [4.69, 9.17) is 27.5 Å². The molecule has 0 unspecified atom stereocenters. The molecule has 5 nitrogen and oxygen atoms in total. The van der Waals surface area contributed by atoms with Crippen LogP contribution in [0.3, 0.4) is 0 Å². The summed E-state index contributed by atoms with van der Waals surface area (Å²) in [5, 5.41) is 8.65. The number of carboxylic acids is 1. The SMILES string of the molecule is [2H]C([2H])([2H])Oc1ccc(/C=C/c2cc(OCCCCCCCC(=O)O)cc(OC([2H])([2H])[2H])c2)cc1. The zero-order chi connectivity index (χ0) is 25.9. The summed E-state index contributed by atoms with van der Waals surface area (Å²) in [6, 6.07) is 11.4. The van der Waals surface area contributed by atoms with Gasteiger partial charge in [-0.3, -0.25) is 4.79 Å². The molecule has 0 fully saturated rings. The topological polar surface area (TPSA) is 65.0 Å². The second kappa shape index (κ2) is 12.5. The van der Waals surface area contributed by atoms with Gasteiger partial charge in [0.25, 0.3) is 0 Å². The van der Waals surface area contributed by atoms with Crippen molar-refractivity contribution in [3.63, 3.8) is 0 Å². The van der Waals surface area contributed by atoms with E-state index in [1.807, 2.05) is 0 Å². The van der Waals surface area contributed by atoms with E-state index < -0.39 is 20.0 Å². The van der Waals surface area contributed by atoms with Gasteiger partial charge in [-0.25, -0.2) is 0 Å². The van der Waals surface area contributed by atoms with Gasteiger partial charge in [0, 0.05) is 12.5 Å². The minimum absolute atomic E-state index is 0.150. The van der Waals surface area contributed by atoms with Crippen LogP contribution in [0.25, 0.3) is 12.2 Å². The third kappa shape index (κ3) is 8.73. The zero-order valence-electron chi connectivity index (χ0n) is 22.2. The summed E-state index contributed by atoms with van der Waals surface area (Å²) >= 11 is 0. The van der Waals surface area contributed by atoms with Crippen LogP contribution in [0.2, 0.25) is 0 Å². The lowest BCUT2D eigenvalue weighted by Gasteiger charge is -2.09. The lowest BCUT2D eigenvalue weighted by Crippen LogP contribution is -1.98. The molecule has 0 aliphatic heterocycles. The number of unbranched alkanes of at least 4 members (excludes halogenated alkanes) is 4. The smallest absolute Gasteiger partial charge is 0.303 e. The van der Waals surface area contributed by atoms with Gasteiger partial charge in [0.2, 0.25) is 0 Å². The highest BCUT2D eigenvalue weighted by Gasteiger charge is 2.02. The molecular formula is C24H30O5. The number of methoxy groups -OCH3 is 2. The van der Waals surface area contributed by atoms with E-state index in [-0.39, 0.29) is 17.9 Å². The zero-order valence-corrected chi connectivity index (χ0v) is 16.2. The molecule has 0 saturated carbocycles. The Kier molecular flexibility index (Phi) is 6.45. The number of carbonyl (C=O) groups is 1. The fraction of sp³-hybridized carbons (Fsp3) is 0.375. The predicted molar refractivity (Wildman–Crippen MR) is 116 cm³/mol. The highest BCUT2D eigenvalue weighted by atomic mass is 16.5. The summed E-state index contributed by atoms with van der Waals surface area (Å²) in [6.07, 6.45) is 7.86. The number of hydrogen-bond acceptors (Lipinski definition) is 4. The van der Waals surface area contributed by atoms with Gasteiger partial charge >= 0.3 is 5.97 Å². The van der Waals surface area contributed by atoms with Crippen molar-refractivity contribution < 1.29 is 32.3 Å². The van der Waals surface area contributed by atoms with E-state index in [9.17, 15) is 4.79 Å². The van der Waals surface area contributed by atoms with E-state index in [2.05, 4.69) is 0 Å². The van der Waals surface area contributed by atoms with Gasteiger partial charge < -0.3 is 19.3 Å². The number of benzene rings is 2. The molecule has 0 aromatic heterocycles. The number of carboxylic acid groups (broad SMARTS) is 1. The number of ether oxygens (including phenoxy) is 3. The van der Waals surface area contributed by atoms with Gasteiger partial charge in [0.05, 0.1) is 28.9 Å². The molecular weight excluding hydrogens is 368 g/mol. The quantitative estimate of drug-likeness (QED) is 0.344. The van der Waals surface area contributed by atoms with Crippen LogP contribution in [0.4, 0.5) is 0 Å². The second-order valence-corrected chi connectivity index (χ2v) is 6.60. The average molecular weight is 405 g/mol. The Morgan fingerprint density at radius 2 is 1.52 bits per heavy atom. The second-order valence-electron chi connectivity index (χ2n) is 6.60. The summed E-state index contributed by atoms with van der Waals surface area (Å²) in [7, 11) is -5.12. The van der Waals surface area contributed by atoms with Crippen LogP contribution >= 0.6 is 0 Å². The highest BCUT2D eigenvalue weighted by molar-refractivity contribution is 5.71. The fourth-order valence-corrected chi connectivity index (χ4v) is 2.77. The molecule has 2 aromatic rings. The standard InChI is InChI=1S/C24H30O5/c1-27-21-13-11-19(12-14-21)9-10-20-16-22(28-2)18-23(17-20)29-15-7-5-3-4-6-8-24(25)26/h9-14,16-18H,3-8,15H2,1-2H3,(H,25,26)/b10-9+/i1D3,2D3. The fourth-order valence-electron chi connectivity index (χ4n) is 2.77. The van der Waals surface area contributed by atoms with Crippen molar-refractivity contribution in [3.05, 3.63) is 53.6 Å². The molecule has 0 radical (unpaired) electrons. The molecule has 0 atom stereocenters. The van der Waals surface area contributed by atoms with E-state index in [0.717, 1.165) is 31.2 Å². The Labute approximate surface area is 181 Å². The van der Waals surface area contributed by atoms with Crippen LogP contribution < -0.4 is 14.2 Å². The Morgan fingerprint density at radius 3 is 2.28 bits per heavy atom. The van der Waals surface area contributed by atoms with Gasteiger partial charge in [0.1, 0.15) is 17.2 Å². The molecule has 1 N–H and O–H groups in total. The Balaban J connectivity index is 2.00. The molecule has 5 heteroatoms. The van der Waals surface area contributed by atoms with Crippen LogP contribution in [0.1, 0.15) is 57.9 Å². The van der Waals surface area contributed by atoms with Crippen molar-refractivity contribution in [1.29, 1.82) is 0 Å². The van der Waals surface area contributed by atoms with Crippen molar-refractivity contribution >= 4 is 18.1 Å². The lowest BCUT2D eigenvalue weighted by molar-refractivity contribution is -0.137. The van der Waals surface area contributed by atoms with Gasteiger partial charge in [-0.1, -0.05) is 43.5 Å². The number of aliphatic carboxylic acids is 1. The van der Waals surface area contributed by atoms with Gasteiger partial charge in [0.15, 0.2) is 0 Å². The maximum atomic E-state index is 10.5. The molecule has 0 saturated heterocycles. The molecule has 2 aromatic carbocycles. The molecule has 0 aliphatic carbocycles. The molecule has 0 aliphatic rings. The third-order valence-electron chi connectivity index (χ3n) is 4.29. The molecule has 0 spiro atoms. The van der Waals surface area contributed by atoms with Gasteiger partial charge in [-0.2, -0.15) is 0 Å². The van der Waals surface area contributed by atoms with Crippen LogP contribution in [0, 0.1) is 0 Å². The number of rotatable bonds is 13. The normalized spacial score (nSPS) is 14.8. The first-order valence-corrected chi connectivity index (χ1v) is 9.55. The van der Waals surface area contributed by atoms with Crippen molar-refractivity contribution in [3.8, 4) is 17.2 Å². The largest absolute Gasteiger partial charge is 0.497 e. The average Bonchev–Trinajstić information content (AvgIpc) is 2.72. The summed E-state index contributed by atoms with van der Waals surface area (Å²) in [4.78, 5) is 10.5. The van der Waals surface area contributed by atoms with E-state index in [0.29, 0.717) is 24.3 Å². The lowest BCUT2D eigenvalue weighted by atomic mass is 10.1. The molecule has 29 heavy (non-hydrogen) atoms. The third-order valence-corrected chi connectivity index (χ3v) is 4.29. The molecule has 0 heterocycles. The van der Waals surface area contributed by atoms with E-state index in [1.54, 1.807) is 48.6 Å². The molecule has 2 rings (SSSR count). The van der Waals surface area contributed by atoms with Crippen molar-refractivity contribution in [2.75, 3.05) is 20.7 Å². The Hall–Kier alpha value is -2.95. The maximum Gasteiger partial charge on any atom is 0.303 e. The predicted octanol–water partition coefficient (Wildman–Crippen LogP) is 5.68. The monoisotopic (exact) mass is 404 g/mol. The highest BCUT2D eigenvalue weighted by Crippen LogP contribution is 2.25. The minimum Gasteiger partial charge on any atom is -0.497 e. The summed E-state index contributed by atoms with van der Waals surface area (Å²) in [5.74, 6) is 0.0700. The first kappa shape index (κ1) is 15.0. The molecule has 0 amide bonds. The van der Waals surface area contributed by atoms with Crippen LogP contribution in [-0.2, 0) is 4.79 Å². The van der Waals surface area contributed by atoms with E-state index in [1.165, 1.54) is 6.07 Å². The Bertz CT molecular complexity index is 968. The summed E-state index contributed by atoms with van der Waals surface area (Å²) in [5.41, 5.74) is 1.45.